The molecule has 0 aliphatic carbocycles. The van der Waals surface area contributed by atoms with Gasteiger partial charge in [0.05, 0.1) is 5.75 Å². The van der Waals surface area contributed by atoms with Gasteiger partial charge in [-0.25, -0.2) is 4.98 Å². The maximum atomic E-state index is 12.2. The molecular weight excluding hydrogens is 426 g/mol. The Hall–Kier alpha value is -2.35. The number of thiazole rings is 1. The highest BCUT2D eigenvalue weighted by Gasteiger charge is 2.09. The van der Waals surface area contributed by atoms with Crippen LogP contribution in [-0.2, 0) is 16.0 Å². The molecule has 5 nitrogen and oxygen atoms in total. The molecule has 2 amide bonds. The van der Waals surface area contributed by atoms with Gasteiger partial charge in [-0.15, -0.1) is 23.1 Å². The third kappa shape index (κ3) is 6.59. The fraction of sp³-hybridized carbons (Fsp3) is 0.190. The fourth-order valence-electron chi connectivity index (χ4n) is 2.54. The highest BCUT2D eigenvalue weighted by atomic mass is 35.5. The van der Waals surface area contributed by atoms with Crippen molar-refractivity contribution in [2.24, 2.45) is 0 Å². The zero-order valence-electron chi connectivity index (χ0n) is 16.0. The van der Waals surface area contributed by atoms with E-state index in [4.69, 9.17) is 11.6 Å². The number of rotatable bonds is 7. The van der Waals surface area contributed by atoms with Crippen LogP contribution in [0.3, 0.4) is 0 Å². The molecule has 29 heavy (non-hydrogen) atoms. The van der Waals surface area contributed by atoms with Gasteiger partial charge < -0.3 is 10.6 Å². The van der Waals surface area contributed by atoms with Crippen molar-refractivity contribution >= 4 is 57.3 Å². The molecule has 0 saturated carbocycles. The van der Waals surface area contributed by atoms with Crippen molar-refractivity contribution in [3.63, 3.8) is 0 Å². The van der Waals surface area contributed by atoms with E-state index < -0.39 is 0 Å². The first-order chi connectivity index (χ1) is 13.9. The number of nitrogens with zero attached hydrogens (tertiary/aromatic N) is 1. The molecular formula is C21H20ClN3O2S2. The number of halogens is 1. The van der Waals surface area contributed by atoms with Gasteiger partial charge in [0.15, 0.2) is 5.13 Å². The molecule has 3 aromatic rings. The Morgan fingerprint density at radius 2 is 1.90 bits per heavy atom. The van der Waals surface area contributed by atoms with Gasteiger partial charge in [0, 0.05) is 40.0 Å². The van der Waals surface area contributed by atoms with Crippen LogP contribution in [0.4, 0.5) is 10.8 Å². The number of anilines is 2. The Kier molecular flexibility index (Phi) is 7.30. The molecule has 2 aromatic carbocycles. The van der Waals surface area contributed by atoms with Crippen molar-refractivity contribution in [2.75, 3.05) is 16.4 Å². The van der Waals surface area contributed by atoms with E-state index in [9.17, 15) is 9.59 Å². The number of thioether (sulfide) groups is 1. The first-order valence-corrected chi connectivity index (χ1v) is 11.1. The summed E-state index contributed by atoms with van der Waals surface area (Å²) in [4.78, 5) is 29.5. The Balaban J connectivity index is 1.49. The molecule has 150 valence electrons. The van der Waals surface area contributed by atoms with Gasteiger partial charge in [0.1, 0.15) is 0 Å². The molecule has 0 atom stereocenters. The summed E-state index contributed by atoms with van der Waals surface area (Å²) in [7, 11) is 0. The lowest BCUT2D eigenvalue weighted by atomic mass is 10.1. The van der Waals surface area contributed by atoms with Crippen LogP contribution in [0.15, 0.2) is 53.6 Å². The molecule has 0 saturated heterocycles. The van der Waals surface area contributed by atoms with Crippen molar-refractivity contribution in [1.29, 1.82) is 0 Å². The summed E-state index contributed by atoms with van der Waals surface area (Å²) < 4.78 is 0. The van der Waals surface area contributed by atoms with Crippen LogP contribution in [-0.4, -0.2) is 22.6 Å². The number of nitrogens with one attached hydrogen (secondary N) is 2. The smallest absolute Gasteiger partial charge is 0.236 e. The molecule has 1 heterocycles. The van der Waals surface area contributed by atoms with Gasteiger partial charge in [-0.1, -0.05) is 23.7 Å². The molecule has 0 fully saturated rings. The van der Waals surface area contributed by atoms with E-state index in [0.29, 0.717) is 5.13 Å². The predicted octanol–water partition coefficient (Wildman–Crippen LogP) is 5.38. The monoisotopic (exact) mass is 445 g/mol. The van der Waals surface area contributed by atoms with Crippen LogP contribution in [0.25, 0.3) is 0 Å². The van der Waals surface area contributed by atoms with Crippen LogP contribution in [0, 0.1) is 6.92 Å². The quantitative estimate of drug-likeness (QED) is 0.478. The summed E-state index contributed by atoms with van der Waals surface area (Å²) in [5.41, 5.74) is 2.90. The third-order valence-electron chi connectivity index (χ3n) is 3.96. The van der Waals surface area contributed by atoms with Crippen molar-refractivity contribution in [3.05, 3.63) is 69.7 Å². The highest BCUT2D eigenvalue weighted by molar-refractivity contribution is 8.00. The molecule has 0 aliphatic heterocycles. The van der Waals surface area contributed by atoms with E-state index >= 15 is 0 Å². The van der Waals surface area contributed by atoms with E-state index in [-0.39, 0.29) is 17.6 Å². The summed E-state index contributed by atoms with van der Waals surface area (Å²) in [6.07, 6.45) is 2.50. The molecule has 2 N–H and O–H groups in total. The second kappa shape index (κ2) is 9.91. The number of carbonyl (C=O) groups excluding carboxylic acids is 2. The van der Waals surface area contributed by atoms with Gasteiger partial charge in [0.25, 0.3) is 0 Å². The number of hydrogen-bond acceptors (Lipinski definition) is 5. The summed E-state index contributed by atoms with van der Waals surface area (Å²) in [5, 5.41) is 6.89. The maximum Gasteiger partial charge on any atom is 0.236 e. The molecule has 0 unspecified atom stereocenters. The highest BCUT2D eigenvalue weighted by Crippen LogP contribution is 2.25. The average Bonchev–Trinajstić information content (AvgIpc) is 3.10. The first-order valence-electron chi connectivity index (χ1n) is 8.89. The summed E-state index contributed by atoms with van der Waals surface area (Å²) in [5.74, 6) is 0.0559. The summed E-state index contributed by atoms with van der Waals surface area (Å²) >= 11 is 9.07. The zero-order valence-corrected chi connectivity index (χ0v) is 18.4. The van der Waals surface area contributed by atoms with E-state index in [0.717, 1.165) is 38.0 Å². The second-order valence-corrected chi connectivity index (χ2v) is 9.01. The van der Waals surface area contributed by atoms with Crippen LogP contribution in [0.5, 0.6) is 0 Å². The van der Waals surface area contributed by atoms with Crippen molar-refractivity contribution < 1.29 is 9.59 Å². The number of aromatic nitrogens is 1. The van der Waals surface area contributed by atoms with Gasteiger partial charge >= 0.3 is 0 Å². The van der Waals surface area contributed by atoms with Gasteiger partial charge in [-0.3, -0.25) is 9.59 Å². The Bertz CT molecular complexity index is 1020. The van der Waals surface area contributed by atoms with Gasteiger partial charge in [-0.2, -0.15) is 0 Å². The van der Waals surface area contributed by atoms with E-state index in [1.807, 2.05) is 49.4 Å². The Morgan fingerprint density at radius 1 is 1.14 bits per heavy atom. The maximum absolute atomic E-state index is 12.2. The average molecular weight is 446 g/mol. The number of aryl methyl sites for hydroxylation is 1. The molecule has 1 aromatic heterocycles. The van der Waals surface area contributed by atoms with Crippen molar-refractivity contribution in [3.8, 4) is 0 Å². The number of benzene rings is 2. The molecule has 0 spiro atoms. The fourth-order valence-corrected chi connectivity index (χ4v) is 4.30. The molecule has 0 bridgehead atoms. The lowest BCUT2D eigenvalue weighted by Gasteiger charge is -2.05. The van der Waals surface area contributed by atoms with Crippen LogP contribution in [0.2, 0.25) is 5.02 Å². The topological polar surface area (TPSA) is 71.1 Å². The van der Waals surface area contributed by atoms with E-state index in [1.54, 1.807) is 6.20 Å². The molecule has 3 rings (SSSR count). The van der Waals surface area contributed by atoms with Gasteiger partial charge in [-0.05, 0) is 48.4 Å². The van der Waals surface area contributed by atoms with Crippen LogP contribution >= 0.6 is 34.7 Å². The largest absolute Gasteiger partial charge is 0.326 e. The lowest BCUT2D eigenvalue weighted by Crippen LogP contribution is -2.13. The SMILES string of the molecule is CC(=O)Nc1ccc(SCC(=O)Nc2ncc(Cc3ccc(C)c(Cl)c3)s2)cc1. The second-order valence-electron chi connectivity index (χ2n) is 6.43. The third-order valence-corrected chi connectivity index (χ3v) is 6.29. The summed E-state index contributed by atoms with van der Waals surface area (Å²) in [6, 6.07) is 13.4. The number of carbonyl (C=O) groups is 2. The standard InChI is InChI=1S/C21H20ClN3O2S2/c1-13-3-4-15(10-19(13)22)9-18-11-23-21(29-18)25-20(27)12-28-17-7-5-16(6-8-17)24-14(2)26/h3-8,10-11H,9,12H2,1-2H3,(H,24,26)(H,23,25,27). The lowest BCUT2D eigenvalue weighted by molar-refractivity contribution is -0.114. The normalized spacial score (nSPS) is 10.6. The molecule has 0 aliphatic rings. The minimum Gasteiger partial charge on any atom is -0.326 e. The minimum absolute atomic E-state index is 0.111. The van der Waals surface area contributed by atoms with Crippen LogP contribution in [0.1, 0.15) is 22.9 Å². The predicted molar refractivity (Wildman–Crippen MR) is 121 cm³/mol. The minimum atomic E-state index is -0.113. The van der Waals surface area contributed by atoms with Gasteiger partial charge in [0.2, 0.25) is 11.8 Å². The van der Waals surface area contributed by atoms with Crippen LogP contribution < -0.4 is 10.6 Å². The van der Waals surface area contributed by atoms with E-state index in [2.05, 4.69) is 15.6 Å². The number of hydrogen-bond donors (Lipinski definition) is 2. The van der Waals surface area contributed by atoms with E-state index in [1.165, 1.54) is 30.0 Å². The first kappa shape index (κ1) is 21.4. The van der Waals surface area contributed by atoms with Crippen molar-refractivity contribution in [2.45, 2.75) is 25.2 Å². The Labute approximate surface area is 182 Å². The molecule has 0 radical (unpaired) electrons. The Morgan fingerprint density at radius 3 is 2.59 bits per heavy atom. The summed E-state index contributed by atoms with van der Waals surface area (Å²) in [6.45, 7) is 3.44. The number of amides is 2. The molecule has 8 heteroatoms. The zero-order chi connectivity index (χ0) is 20.8. The van der Waals surface area contributed by atoms with Crippen molar-refractivity contribution in [1.82, 2.24) is 4.98 Å².